The van der Waals surface area contributed by atoms with Gasteiger partial charge in [-0.3, -0.25) is 0 Å². The van der Waals surface area contributed by atoms with Crippen molar-refractivity contribution in [1.82, 2.24) is 4.57 Å². The van der Waals surface area contributed by atoms with Crippen LogP contribution in [0.5, 0.6) is 0 Å². The van der Waals surface area contributed by atoms with E-state index < -0.39 is 0 Å². The lowest BCUT2D eigenvalue weighted by Crippen LogP contribution is -3.00. The van der Waals surface area contributed by atoms with Crippen LogP contribution in [-0.4, -0.2) is 4.57 Å². The number of hydrogen-bond acceptors (Lipinski definition) is 0. The second-order valence-corrected chi connectivity index (χ2v) is 4.62. The van der Waals surface area contributed by atoms with E-state index in [4.69, 9.17) is 0 Å². The Morgan fingerprint density at radius 1 is 1.26 bits per heavy atom. The topological polar surface area (TPSA) is 8.81 Å². The lowest BCUT2D eigenvalue weighted by Gasteiger charge is -1.99. The van der Waals surface area contributed by atoms with Crippen molar-refractivity contribution in [2.75, 3.05) is 0 Å². The second kappa shape index (κ2) is 7.80. The zero-order valence-corrected chi connectivity index (χ0v) is 12.2. The van der Waals surface area contributed by atoms with Crippen LogP contribution in [0, 0.1) is 0 Å². The molecule has 1 aromatic heterocycles. The van der Waals surface area contributed by atoms with Gasteiger partial charge in [-0.2, -0.15) is 0 Å². The fourth-order valence-corrected chi connectivity index (χ4v) is 1.98. The smallest absolute Gasteiger partial charge is 0.244 e. The van der Waals surface area contributed by atoms with E-state index in [2.05, 4.69) is 65.6 Å². The normalized spacial score (nSPS) is 9.95. The average molecular weight is 277 g/mol. The highest BCUT2D eigenvalue weighted by Gasteiger charge is 2.04. The Kier molecular flexibility index (Phi) is 6.37. The minimum atomic E-state index is 0. The van der Waals surface area contributed by atoms with Crippen molar-refractivity contribution in [3.8, 4) is 0 Å². The number of nitrogens with zero attached hydrogens (tertiary/aromatic N) is 2. The van der Waals surface area contributed by atoms with Crippen LogP contribution >= 0.6 is 0 Å². The molecular formula is C16H21ClN2. The summed E-state index contributed by atoms with van der Waals surface area (Å²) in [7, 11) is 0. The lowest BCUT2D eigenvalue weighted by molar-refractivity contribution is -0.696. The SMILES string of the molecule is C=Cc1ccc(Cn2cc[n+](CCCC)c2)cc1.[Cl-]. The molecule has 2 aromatic rings. The maximum Gasteiger partial charge on any atom is 0.244 e. The number of halogens is 1. The Morgan fingerprint density at radius 2 is 2.00 bits per heavy atom. The fraction of sp³-hybridized carbons (Fsp3) is 0.312. The first-order valence-corrected chi connectivity index (χ1v) is 6.58. The molecule has 2 nitrogen and oxygen atoms in total. The van der Waals surface area contributed by atoms with Gasteiger partial charge in [0.15, 0.2) is 0 Å². The number of unbranched alkanes of at least 4 members (excludes halogenated alkanes) is 1. The summed E-state index contributed by atoms with van der Waals surface area (Å²) in [6.45, 7) is 8.03. The summed E-state index contributed by atoms with van der Waals surface area (Å²) in [5.74, 6) is 0. The number of rotatable bonds is 6. The van der Waals surface area contributed by atoms with Gasteiger partial charge in [-0.1, -0.05) is 50.3 Å². The third kappa shape index (κ3) is 4.56. The molecule has 0 bridgehead atoms. The molecule has 3 heteroatoms. The van der Waals surface area contributed by atoms with Gasteiger partial charge < -0.3 is 12.4 Å². The highest BCUT2D eigenvalue weighted by molar-refractivity contribution is 5.47. The van der Waals surface area contributed by atoms with Crippen molar-refractivity contribution >= 4 is 6.08 Å². The first-order chi connectivity index (χ1) is 8.81. The van der Waals surface area contributed by atoms with Crippen LogP contribution in [0.2, 0.25) is 0 Å². The summed E-state index contributed by atoms with van der Waals surface area (Å²) in [5.41, 5.74) is 2.49. The van der Waals surface area contributed by atoms with E-state index in [0.717, 1.165) is 13.1 Å². The van der Waals surface area contributed by atoms with Crippen LogP contribution in [0.15, 0.2) is 49.6 Å². The summed E-state index contributed by atoms with van der Waals surface area (Å²) >= 11 is 0. The maximum atomic E-state index is 3.77. The molecule has 19 heavy (non-hydrogen) atoms. The van der Waals surface area contributed by atoms with Crippen molar-refractivity contribution in [3.63, 3.8) is 0 Å². The van der Waals surface area contributed by atoms with Crippen LogP contribution in [0.3, 0.4) is 0 Å². The van der Waals surface area contributed by atoms with E-state index in [0.29, 0.717) is 0 Å². The van der Waals surface area contributed by atoms with Crippen molar-refractivity contribution < 1.29 is 17.0 Å². The van der Waals surface area contributed by atoms with Crippen molar-refractivity contribution in [3.05, 3.63) is 60.7 Å². The predicted octanol–water partition coefficient (Wildman–Crippen LogP) is 0.271. The van der Waals surface area contributed by atoms with Gasteiger partial charge in [-0.25, -0.2) is 9.13 Å². The summed E-state index contributed by atoms with van der Waals surface area (Å²) in [6, 6.07) is 8.54. The Morgan fingerprint density at radius 3 is 2.63 bits per heavy atom. The number of benzene rings is 1. The van der Waals surface area contributed by atoms with E-state index in [-0.39, 0.29) is 12.4 Å². The number of imidazole rings is 1. The van der Waals surface area contributed by atoms with E-state index in [9.17, 15) is 0 Å². The van der Waals surface area contributed by atoms with Crippen molar-refractivity contribution in [2.45, 2.75) is 32.9 Å². The summed E-state index contributed by atoms with van der Waals surface area (Å²) in [4.78, 5) is 0. The highest BCUT2D eigenvalue weighted by atomic mass is 35.5. The molecule has 0 amide bonds. The standard InChI is InChI=1S/C16H21N2.ClH/c1-3-5-10-17-11-12-18(14-17)13-16-8-6-15(4-2)7-9-16;/h4,6-9,11-12,14H,2-3,5,10,13H2,1H3;1H/q+1;/p-1. The van der Waals surface area contributed by atoms with E-state index in [1.807, 2.05) is 6.08 Å². The van der Waals surface area contributed by atoms with Gasteiger partial charge in [-0.05, 0) is 17.5 Å². The van der Waals surface area contributed by atoms with Gasteiger partial charge in [0.05, 0.1) is 6.54 Å². The molecule has 0 unspecified atom stereocenters. The molecule has 0 saturated heterocycles. The fourth-order valence-electron chi connectivity index (χ4n) is 1.98. The number of aromatic nitrogens is 2. The monoisotopic (exact) mass is 276 g/mol. The second-order valence-electron chi connectivity index (χ2n) is 4.62. The number of hydrogen-bond donors (Lipinski definition) is 0. The zero-order chi connectivity index (χ0) is 12.8. The molecule has 0 radical (unpaired) electrons. The van der Waals surface area contributed by atoms with Crippen LogP contribution in [0.25, 0.3) is 6.08 Å². The van der Waals surface area contributed by atoms with Gasteiger partial charge in [0.25, 0.3) is 0 Å². The Labute approximate surface area is 121 Å². The predicted molar refractivity (Wildman–Crippen MR) is 75.2 cm³/mol. The quantitative estimate of drug-likeness (QED) is 0.670. The Balaban J connectivity index is 0.00000180. The molecule has 2 rings (SSSR count). The molecule has 0 spiro atoms. The van der Waals surface area contributed by atoms with Gasteiger partial charge in [0.1, 0.15) is 18.9 Å². The van der Waals surface area contributed by atoms with Crippen LogP contribution < -0.4 is 17.0 Å². The molecule has 0 fully saturated rings. The zero-order valence-electron chi connectivity index (χ0n) is 11.4. The molecule has 0 aliphatic heterocycles. The number of aryl methyl sites for hydroxylation is 1. The van der Waals surface area contributed by atoms with Gasteiger partial charge in [-0.15, -0.1) is 0 Å². The van der Waals surface area contributed by atoms with Crippen LogP contribution in [-0.2, 0) is 13.1 Å². The van der Waals surface area contributed by atoms with Gasteiger partial charge in [0, 0.05) is 0 Å². The van der Waals surface area contributed by atoms with Gasteiger partial charge >= 0.3 is 0 Å². The highest BCUT2D eigenvalue weighted by Crippen LogP contribution is 2.06. The summed E-state index contributed by atoms with van der Waals surface area (Å²) in [6.07, 6.45) is 10.8. The average Bonchev–Trinajstić information content (AvgIpc) is 2.85. The Bertz CT molecular complexity index is 500. The summed E-state index contributed by atoms with van der Waals surface area (Å²) < 4.78 is 4.47. The van der Waals surface area contributed by atoms with Crippen LogP contribution in [0.4, 0.5) is 0 Å². The molecule has 0 N–H and O–H groups in total. The molecule has 0 aliphatic carbocycles. The molecular weight excluding hydrogens is 256 g/mol. The molecule has 0 saturated carbocycles. The third-order valence-electron chi connectivity index (χ3n) is 3.10. The van der Waals surface area contributed by atoms with Gasteiger partial charge in [0.2, 0.25) is 6.33 Å². The van der Waals surface area contributed by atoms with Crippen molar-refractivity contribution in [1.29, 1.82) is 0 Å². The molecule has 1 aromatic carbocycles. The molecule has 0 atom stereocenters. The summed E-state index contributed by atoms with van der Waals surface area (Å²) in [5, 5.41) is 0. The largest absolute Gasteiger partial charge is 1.00 e. The first kappa shape index (κ1) is 15.5. The molecule has 1 heterocycles. The molecule has 0 aliphatic rings. The minimum absolute atomic E-state index is 0. The third-order valence-corrected chi connectivity index (χ3v) is 3.10. The minimum Gasteiger partial charge on any atom is -1.00 e. The Hall–Kier alpha value is -1.54. The molecule has 102 valence electrons. The van der Waals surface area contributed by atoms with Crippen molar-refractivity contribution in [2.24, 2.45) is 0 Å². The van der Waals surface area contributed by atoms with E-state index in [1.54, 1.807) is 0 Å². The van der Waals surface area contributed by atoms with E-state index in [1.165, 1.54) is 24.0 Å². The maximum absolute atomic E-state index is 3.77. The van der Waals surface area contributed by atoms with E-state index >= 15 is 0 Å². The first-order valence-electron chi connectivity index (χ1n) is 6.58. The lowest BCUT2D eigenvalue weighted by atomic mass is 10.1. The van der Waals surface area contributed by atoms with Crippen LogP contribution in [0.1, 0.15) is 30.9 Å².